The van der Waals surface area contributed by atoms with Crippen molar-refractivity contribution < 1.29 is 14.3 Å². The van der Waals surface area contributed by atoms with Crippen LogP contribution in [0.25, 0.3) is 0 Å². The Morgan fingerprint density at radius 2 is 1.60 bits per heavy atom. The number of halogens is 2. The molecule has 2 amide bonds. The van der Waals surface area contributed by atoms with E-state index < -0.39 is 6.04 Å². The summed E-state index contributed by atoms with van der Waals surface area (Å²) < 4.78 is 5.67. The van der Waals surface area contributed by atoms with Crippen LogP contribution in [0.3, 0.4) is 0 Å². The largest absolute Gasteiger partial charge is 0.494 e. The van der Waals surface area contributed by atoms with Crippen LogP contribution in [-0.4, -0.2) is 35.9 Å². The molecule has 0 saturated heterocycles. The number of likely N-dealkylation sites (N-methyl/N-ethyl adjacent to an activating group) is 1. The number of nitrogens with zero attached hydrogens (tertiary/aromatic N) is 1. The van der Waals surface area contributed by atoms with Gasteiger partial charge >= 0.3 is 0 Å². The molecule has 7 heteroatoms. The van der Waals surface area contributed by atoms with E-state index in [0.717, 1.165) is 5.56 Å². The molecular formula is C23H28Cl2N2O3. The van der Waals surface area contributed by atoms with Crippen molar-refractivity contribution in [3.63, 3.8) is 0 Å². The first kappa shape index (κ1) is 24.0. The molecule has 0 aliphatic rings. The first-order chi connectivity index (χ1) is 14.4. The fraction of sp³-hybridized carbons (Fsp3) is 0.391. The van der Waals surface area contributed by atoms with Gasteiger partial charge in [0.2, 0.25) is 11.8 Å². The Labute approximate surface area is 188 Å². The Balaban J connectivity index is 2.01. The maximum atomic E-state index is 13.0. The standard InChI is InChI=1S/C23H28Cl2N2O3/c1-3-21(23(29)26-4-2)27(16-17-7-9-18(24)10-8-17)22(28)6-5-15-30-20-13-11-19(25)12-14-20/h7-14,21H,3-6,15-16H2,1-2H3,(H,26,29)/t21-/m0/s1. The number of rotatable bonds is 11. The predicted molar refractivity (Wildman–Crippen MR) is 121 cm³/mol. The fourth-order valence-electron chi connectivity index (χ4n) is 3.09. The Morgan fingerprint density at radius 1 is 1.00 bits per heavy atom. The van der Waals surface area contributed by atoms with Gasteiger partial charge in [0.1, 0.15) is 11.8 Å². The van der Waals surface area contributed by atoms with Gasteiger partial charge in [0.05, 0.1) is 6.61 Å². The van der Waals surface area contributed by atoms with E-state index >= 15 is 0 Å². The van der Waals surface area contributed by atoms with E-state index in [1.807, 2.05) is 26.0 Å². The monoisotopic (exact) mass is 450 g/mol. The molecule has 1 N–H and O–H groups in total. The fourth-order valence-corrected chi connectivity index (χ4v) is 3.34. The molecule has 30 heavy (non-hydrogen) atoms. The number of hydrogen-bond donors (Lipinski definition) is 1. The highest BCUT2D eigenvalue weighted by Gasteiger charge is 2.27. The first-order valence-corrected chi connectivity index (χ1v) is 10.9. The average molecular weight is 451 g/mol. The number of carbonyl (C=O) groups excluding carboxylic acids is 2. The van der Waals surface area contributed by atoms with Crippen LogP contribution in [0.5, 0.6) is 5.75 Å². The van der Waals surface area contributed by atoms with Crippen molar-refractivity contribution in [1.29, 1.82) is 0 Å². The molecule has 2 aromatic rings. The van der Waals surface area contributed by atoms with Crippen molar-refractivity contribution in [1.82, 2.24) is 10.2 Å². The summed E-state index contributed by atoms with van der Waals surface area (Å²) in [4.78, 5) is 27.2. The second kappa shape index (κ2) is 12.5. The van der Waals surface area contributed by atoms with Crippen molar-refractivity contribution in [3.05, 3.63) is 64.1 Å². The minimum absolute atomic E-state index is 0.0808. The highest BCUT2D eigenvalue weighted by molar-refractivity contribution is 6.30. The third-order valence-electron chi connectivity index (χ3n) is 4.62. The highest BCUT2D eigenvalue weighted by atomic mass is 35.5. The number of amides is 2. The lowest BCUT2D eigenvalue weighted by molar-refractivity contribution is -0.141. The van der Waals surface area contributed by atoms with Crippen LogP contribution in [0.2, 0.25) is 10.0 Å². The maximum Gasteiger partial charge on any atom is 0.242 e. The first-order valence-electron chi connectivity index (χ1n) is 10.1. The van der Waals surface area contributed by atoms with Crippen LogP contribution in [0.4, 0.5) is 0 Å². The van der Waals surface area contributed by atoms with Gasteiger partial charge in [-0.25, -0.2) is 0 Å². The molecule has 0 saturated carbocycles. The van der Waals surface area contributed by atoms with Gasteiger partial charge in [-0.1, -0.05) is 42.3 Å². The van der Waals surface area contributed by atoms with Crippen LogP contribution < -0.4 is 10.1 Å². The number of carbonyl (C=O) groups is 2. The summed E-state index contributed by atoms with van der Waals surface area (Å²) >= 11 is 11.8. The summed E-state index contributed by atoms with van der Waals surface area (Å²) in [5, 5.41) is 4.11. The quantitative estimate of drug-likeness (QED) is 0.484. The number of hydrogen-bond acceptors (Lipinski definition) is 3. The summed E-state index contributed by atoms with van der Waals surface area (Å²) in [6, 6.07) is 13.9. The number of benzene rings is 2. The second-order valence-electron chi connectivity index (χ2n) is 6.87. The minimum Gasteiger partial charge on any atom is -0.494 e. The second-order valence-corrected chi connectivity index (χ2v) is 7.75. The SMILES string of the molecule is CCNC(=O)[C@H](CC)N(Cc1ccc(Cl)cc1)C(=O)CCCOc1ccc(Cl)cc1. The zero-order valence-corrected chi connectivity index (χ0v) is 18.9. The molecule has 0 fully saturated rings. The van der Waals surface area contributed by atoms with Crippen LogP contribution in [0.15, 0.2) is 48.5 Å². The van der Waals surface area contributed by atoms with Crippen molar-refractivity contribution in [2.45, 2.75) is 45.7 Å². The molecule has 0 heterocycles. The lowest BCUT2D eigenvalue weighted by Gasteiger charge is -2.30. The average Bonchev–Trinajstić information content (AvgIpc) is 2.74. The van der Waals surface area contributed by atoms with Gasteiger partial charge in [-0.2, -0.15) is 0 Å². The molecule has 0 bridgehead atoms. The van der Waals surface area contributed by atoms with Crippen molar-refractivity contribution in [2.75, 3.05) is 13.2 Å². The molecule has 0 radical (unpaired) electrons. The van der Waals surface area contributed by atoms with Crippen molar-refractivity contribution >= 4 is 35.0 Å². The summed E-state index contributed by atoms with van der Waals surface area (Å²) in [6.07, 6.45) is 1.37. The molecule has 0 aromatic heterocycles. The van der Waals surface area contributed by atoms with E-state index in [4.69, 9.17) is 27.9 Å². The van der Waals surface area contributed by atoms with Gasteiger partial charge in [0.15, 0.2) is 0 Å². The van der Waals surface area contributed by atoms with Gasteiger partial charge in [-0.05, 0) is 61.7 Å². The summed E-state index contributed by atoms with van der Waals surface area (Å²) in [5.41, 5.74) is 0.924. The summed E-state index contributed by atoms with van der Waals surface area (Å²) in [7, 11) is 0. The van der Waals surface area contributed by atoms with E-state index in [-0.39, 0.29) is 18.2 Å². The summed E-state index contributed by atoms with van der Waals surface area (Å²) in [5.74, 6) is 0.487. The van der Waals surface area contributed by atoms with E-state index in [0.29, 0.717) is 48.3 Å². The lowest BCUT2D eigenvalue weighted by Crippen LogP contribution is -2.49. The van der Waals surface area contributed by atoms with E-state index in [2.05, 4.69) is 5.32 Å². The van der Waals surface area contributed by atoms with Gasteiger partial charge < -0.3 is 15.0 Å². The maximum absolute atomic E-state index is 13.0. The van der Waals surface area contributed by atoms with E-state index in [1.165, 1.54) is 0 Å². The lowest BCUT2D eigenvalue weighted by atomic mass is 10.1. The van der Waals surface area contributed by atoms with Gasteiger partial charge in [-0.3, -0.25) is 9.59 Å². The van der Waals surface area contributed by atoms with Crippen molar-refractivity contribution in [2.24, 2.45) is 0 Å². The predicted octanol–water partition coefficient (Wildman–Crippen LogP) is 5.10. The topological polar surface area (TPSA) is 58.6 Å². The van der Waals surface area contributed by atoms with Crippen LogP contribution in [0.1, 0.15) is 38.7 Å². The molecule has 0 unspecified atom stereocenters. The van der Waals surface area contributed by atoms with Gasteiger partial charge in [0.25, 0.3) is 0 Å². The van der Waals surface area contributed by atoms with Crippen LogP contribution in [-0.2, 0) is 16.1 Å². The van der Waals surface area contributed by atoms with E-state index in [1.54, 1.807) is 41.3 Å². The van der Waals surface area contributed by atoms with Crippen LogP contribution in [0, 0.1) is 0 Å². The van der Waals surface area contributed by atoms with Gasteiger partial charge in [-0.15, -0.1) is 0 Å². The molecule has 0 aliphatic heterocycles. The van der Waals surface area contributed by atoms with E-state index in [9.17, 15) is 9.59 Å². The Morgan fingerprint density at radius 3 is 2.17 bits per heavy atom. The normalized spacial score (nSPS) is 11.6. The minimum atomic E-state index is -0.523. The molecular weight excluding hydrogens is 423 g/mol. The number of nitrogens with one attached hydrogen (secondary N) is 1. The molecule has 5 nitrogen and oxygen atoms in total. The van der Waals surface area contributed by atoms with Crippen molar-refractivity contribution in [3.8, 4) is 5.75 Å². The Kier molecular flexibility index (Phi) is 9.98. The zero-order chi connectivity index (χ0) is 21.9. The zero-order valence-electron chi connectivity index (χ0n) is 17.4. The molecule has 0 aliphatic carbocycles. The number of ether oxygens (including phenoxy) is 1. The summed E-state index contributed by atoms with van der Waals surface area (Å²) in [6.45, 7) is 5.05. The third-order valence-corrected chi connectivity index (χ3v) is 5.12. The molecule has 2 rings (SSSR count). The van der Waals surface area contributed by atoms with Gasteiger partial charge in [0, 0.05) is 29.6 Å². The van der Waals surface area contributed by atoms with Crippen LogP contribution >= 0.6 is 23.2 Å². The Bertz CT molecular complexity index is 810. The Hall–Kier alpha value is -2.24. The molecule has 1 atom stereocenters. The highest BCUT2D eigenvalue weighted by Crippen LogP contribution is 2.18. The smallest absolute Gasteiger partial charge is 0.242 e. The molecule has 2 aromatic carbocycles. The molecule has 162 valence electrons. The third kappa shape index (κ3) is 7.54. The molecule has 0 spiro atoms.